The molecule has 2 heterocycles. The summed E-state index contributed by atoms with van der Waals surface area (Å²) >= 11 is 0. The van der Waals surface area contributed by atoms with Crippen LogP contribution in [0.1, 0.15) is 38.0 Å². The molecule has 0 saturated carbocycles. The number of hydrogen-bond acceptors (Lipinski definition) is 5. The third-order valence-electron chi connectivity index (χ3n) is 3.90. The first kappa shape index (κ1) is 15.1. The van der Waals surface area contributed by atoms with Crippen LogP contribution in [0.2, 0.25) is 0 Å². The predicted octanol–water partition coefficient (Wildman–Crippen LogP) is 1.96. The average Bonchev–Trinajstić information content (AvgIpc) is 3.16. The van der Waals surface area contributed by atoms with Crippen molar-refractivity contribution in [3.05, 3.63) is 24.2 Å². The zero-order valence-electron chi connectivity index (χ0n) is 12.3. The molecule has 5 heteroatoms. The Bertz CT molecular complexity index is 399. The number of methoxy groups -OCH3 is 1. The van der Waals surface area contributed by atoms with Gasteiger partial charge in [0.25, 0.3) is 0 Å². The smallest absolute Gasteiger partial charge is 0.322 e. The number of rotatable bonds is 7. The van der Waals surface area contributed by atoms with E-state index in [1.165, 1.54) is 20.0 Å². The van der Waals surface area contributed by atoms with Crippen LogP contribution in [-0.2, 0) is 9.53 Å². The highest BCUT2D eigenvalue weighted by atomic mass is 16.5. The lowest BCUT2D eigenvalue weighted by atomic mass is 10.1. The highest BCUT2D eigenvalue weighted by molar-refractivity contribution is 5.75. The summed E-state index contributed by atoms with van der Waals surface area (Å²) in [6, 6.07) is 3.85. The second-order valence-corrected chi connectivity index (χ2v) is 5.17. The van der Waals surface area contributed by atoms with Gasteiger partial charge in [0.2, 0.25) is 0 Å². The van der Waals surface area contributed by atoms with Crippen molar-refractivity contribution in [2.45, 2.75) is 38.3 Å². The van der Waals surface area contributed by atoms with Gasteiger partial charge in [0.05, 0.1) is 19.4 Å². The van der Waals surface area contributed by atoms with E-state index in [-0.39, 0.29) is 18.1 Å². The van der Waals surface area contributed by atoms with Crippen LogP contribution in [-0.4, -0.2) is 43.7 Å². The summed E-state index contributed by atoms with van der Waals surface area (Å²) in [5, 5.41) is 3.31. The van der Waals surface area contributed by atoms with E-state index in [0.717, 1.165) is 25.3 Å². The van der Waals surface area contributed by atoms with Crippen molar-refractivity contribution in [2.75, 3.05) is 26.7 Å². The van der Waals surface area contributed by atoms with Gasteiger partial charge >= 0.3 is 5.97 Å². The number of ether oxygens (including phenoxy) is 1. The van der Waals surface area contributed by atoms with Crippen molar-refractivity contribution in [3.8, 4) is 0 Å². The predicted molar refractivity (Wildman–Crippen MR) is 76.4 cm³/mol. The van der Waals surface area contributed by atoms with Crippen molar-refractivity contribution >= 4 is 5.97 Å². The Hall–Kier alpha value is -1.33. The second kappa shape index (κ2) is 7.45. The van der Waals surface area contributed by atoms with Crippen LogP contribution in [0.5, 0.6) is 0 Å². The number of hydrogen-bond donors (Lipinski definition) is 1. The van der Waals surface area contributed by atoms with E-state index in [2.05, 4.69) is 10.2 Å². The van der Waals surface area contributed by atoms with Crippen LogP contribution in [0.25, 0.3) is 0 Å². The molecule has 0 aliphatic carbocycles. The number of esters is 1. The number of furan rings is 1. The van der Waals surface area contributed by atoms with E-state index >= 15 is 0 Å². The lowest BCUT2D eigenvalue weighted by molar-refractivity contribution is -0.143. The van der Waals surface area contributed by atoms with E-state index in [0.29, 0.717) is 6.54 Å². The molecule has 0 amide bonds. The Morgan fingerprint density at radius 1 is 1.50 bits per heavy atom. The number of carbonyl (C=O) groups excluding carboxylic acids is 1. The van der Waals surface area contributed by atoms with Gasteiger partial charge in [0, 0.05) is 6.54 Å². The molecule has 2 unspecified atom stereocenters. The van der Waals surface area contributed by atoms with Crippen molar-refractivity contribution in [2.24, 2.45) is 0 Å². The first-order chi connectivity index (χ1) is 9.76. The van der Waals surface area contributed by atoms with Gasteiger partial charge in [0.1, 0.15) is 11.8 Å². The van der Waals surface area contributed by atoms with Gasteiger partial charge in [-0.2, -0.15) is 0 Å². The second-order valence-electron chi connectivity index (χ2n) is 5.17. The molecule has 0 radical (unpaired) electrons. The number of nitrogens with zero attached hydrogens (tertiary/aromatic N) is 1. The van der Waals surface area contributed by atoms with Crippen LogP contribution in [0.4, 0.5) is 0 Å². The van der Waals surface area contributed by atoms with Crippen molar-refractivity contribution in [3.63, 3.8) is 0 Å². The van der Waals surface area contributed by atoms with Gasteiger partial charge in [0.15, 0.2) is 0 Å². The van der Waals surface area contributed by atoms with Crippen molar-refractivity contribution < 1.29 is 13.9 Å². The van der Waals surface area contributed by atoms with Gasteiger partial charge < -0.3 is 14.5 Å². The summed E-state index contributed by atoms with van der Waals surface area (Å²) in [6.45, 7) is 4.84. The first-order valence-corrected chi connectivity index (χ1v) is 7.35. The van der Waals surface area contributed by atoms with Crippen molar-refractivity contribution in [1.82, 2.24) is 10.2 Å². The topological polar surface area (TPSA) is 54.7 Å². The maximum atomic E-state index is 11.6. The van der Waals surface area contributed by atoms with Gasteiger partial charge in [-0.25, -0.2) is 0 Å². The quantitative estimate of drug-likeness (QED) is 0.774. The Labute approximate surface area is 120 Å². The van der Waals surface area contributed by atoms with E-state index in [4.69, 9.17) is 9.15 Å². The Morgan fingerprint density at radius 3 is 2.80 bits per heavy atom. The van der Waals surface area contributed by atoms with Crippen LogP contribution in [0.15, 0.2) is 22.8 Å². The summed E-state index contributed by atoms with van der Waals surface area (Å²) in [6.07, 6.45) is 4.88. The standard InChI is InChI=1S/C15H24N2O3/c1-3-12(15(18)19-2)16-11-13(14-7-6-10-20-14)17-8-4-5-9-17/h6-7,10,12-13,16H,3-5,8-9,11H2,1-2H3. The first-order valence-electron chi connectivity index (χ1n) is 7.35. The largest absolute Gasteiger partial charge is 0.468 e. The molecule has 0 spiro atoms. The minimum atomic E-state index is -0.250. The molecule has 2 atom stereocenters. The number of likely N-dealkylation sites (tertiary alicyclic amines) is 1. The minimum absolute atomic E-state index is 0.186. The molecule has 1 saturated heterocycles. The average molecular weight is 280 g/mol. The molecule has 1 N–H and O–H groups in total. The molecule has 0 aromatic carbocycles. The lowest BCUT2D eigenvalue weighted by Gasteiger charge is -2.27. The minimum Gasteiger partial charge on any atom is -0.468 e. The molecule has 1 fully saturated rings. The summed E-state index contributed by atoms with van der Waals surface area (Å²) in [7, 11) is 1.43. The molecular formula is C15H24N2O3. The zero-order valence-corrected chi connectivity index (χ0v) is 12.3. The fraction of sp³-hybridized carbons (Fsp3) is 0.667. The van der Waals surface area contributed by atoms with Crippen molar-refractivity contribution in [1.29, 1.82) is 0 Å². The Morgan fingerprint density at radius 2 is 2.25 bits per heavy atom. The molecule has 5 nitrogen and oxygen atoms in total. The molecular weight excluding hydrogens is 256 g/mol. The van der Waals surface area contributed by atoms with Gasteiger partial charge in [-0.3, -0.25) is 9.69 Å². The third-order valence-corrected chi connectivity index (χ3v) is 3.90. The van der Waals surface area contributed by atoms with Gasteiger partial charge in [-0.05, 0) is 44.5 Å². The fourth-order valence-electron chi connectivity index (χ4n) is 2.73. The third kappa shape index (κ3) is 3.61. The summed E-state index contributed by atoms with van der Waals surface area (Å²) < 4.78 is 10.4. The maximum absolute atomic E-state index is 11.6. The zero-order chi connectivity index (χ0) is 14.4. The lowest BCUT2D eigenvalue weighted by Crippen LogP contribution is -2.42. The van der Waals surface area contributed by atoms with E-state index in [9.17, 15) is 4.79 Å². The molecule has 0 bridgehead atoms. The summed E-state index contributed by atoms with van der Waals surface area (Å²) in [5.74, 6) is 0.756. The number of nitrogens with one attached hydrogen (secondary N) is 1. The van der Waals surface area contributed by atoms with Crippen LogP contribution >= 0.6 is 0 Å². The normalized spacial score (nSPS) is 18.9. The summed E-state index contributed by atoms with van der Waals surface area (Å²) in [5.41, 5.74) is 0. The van der Waals surface area contributed by atoms with Gasteiger partial charge in [-0.15, -0.1) is 0 Å². The SMILES string of the molecule is CCC(NCC(c1ccco1)N1CCCC1)C(=O)OC. The van der Waals surface area contributed by atoms with Crippen LogP contribution < -0.4 is 5.32 Å². The highest BCUT2D eigenvalue weighted by Gasteiger charge is 2.27. The molecule has 20 heavy (non-hydrogen) atoms. The maximum Gasteiger partial charge on any atom is 0.322 e. The molecule has 1 aromatic heterocycles. The molecule has 1 aromatic rings. The highest BCUT2D eigenvalue weighted by Crippen LogP contribution is 2.25. The van der Waals surface area contributed by atoms with Gasteiger partial charge in [-0.1, -0.05) is 6.92 Å². The Kier molecular flexibility index (Phi) is 5.61. The fourth-order valence-corrected chi connectivity index (χ4v) is 2.73. The molecule has 2 rings (SSSR count). The van der Waals surface area contributed by atoms with Crippen LogP contribution in [0, 0.1) is 0 Å². The Balaban J connectivity index is 1.99. The molecule has 112 valence electrons. The van der Waals surface area contributed by atoms with E-state index in [1.807, 2.05) is 19.1 Å². The van der Waals surface area contributed by atoms with E-state index < -0.39 is 0 Å². The monoisotopic (exact) mass is 280 g/mol. The molecule has 1 aliphatic heterocycles. The van der Waals surface area contributed by atoms with Crippen LogP contribution in [0.3, 0.4) is 0 Å². The molecule has 1 aliphatic rings. The number of carbonyl (C=O) groups is 1. The summed E-state index contributed by atoms with van der Waals surface area (Å²) in [4.78, 5) is 14.1. The van der Waals surface area contributed by atoms with E-state index in [1.54, 1.807) is 6.26 Å².